The highest BCUT2D eigenvalue weighted by atomic mass is 16.4. The van der Waals surface area contributed by atoms with E-state index < -0.39 is 5.97 Å². The first-order valence-corrected chi connectivity index (χ1v) is 3.62. The number of carboxylic acid groups (broad SMARTS) is 1. The zero-order valence-corrected chi connectivity index (χ0v) is 7.14. The Balaban J connectivity index is 4.22. The molecule has 0 unspecified atom stereocenters. The van der Waals surface area contributed by atoms with Crippen LogP contribution in [0.4, 0.5) is 0 Å². The van der Waals surface area contributed by atoms with Crippen molar-refractivity contribution in [2.45, 2.75) is 34.1 Å². The number of carbonyl (C=O) groups is 1. The van der Waals surface area contributed by atoms with Gasteiger partial charge in [-0.3, -0.25) is 4.79 Å². The van der Waals surface area contributed by atoms with Crippen LogP contribution in [0.3, 0.4) is 0 Å². The maximum atomic E-state index is 10.6. The third kappa shape index (κ3) is 2.38. The maximum Gasteiger partial charge on any atom is 0.307 e. The molecular formula is C8H16O2. The summed E-state index contributed by atoms with van der Waals surface area (Å²) in [5.74, 6) is -0.900. The fourth-order valence-corrected chi connectivity index (χ4v) is 1.16. The van der Waals surface area contributed by atoms with E-state index in [1.807, 2.05) is 27.7 Å². The molecule has 0 rings (SSSR count). The van der Waals surface area contributed by atoms with E-state index in [-0.39, 0.29) is 11.3 Å². The largest absolute Gasteiger partial charge is 0.481 e. The molecule has 1 N–H and O–H groups in total. The number of hydrogen-bond donors (Lipinski definition) is 1. The van der Waals surface area contributed by atoms with E-state index in [0.29, 0.717) is 6.42 Å². The average molecular weight is 144 g/mol. The fraction of sp³-hybridized carbons (Fsp3) is 0.875. The third-order valence-corrected chi connectivity index (χ3v) is 1.75. The molecule has 0 radical (unpaired) electrons. The first-order valence-electron chi connectivity index (χ1n) is 3.62. The summed E-state index contributed by atoms with van der Waals surface area (Å²) in [5.41, 5.74) is -0.111. The third-order valence-electron chi connectivity index (χ3n) is 1.75. The van der Waals surface area contributed by atoms with Crippen LogP contribution >= 0.6 is 0 Å². The van der Waals surface area contributed by atoms with Gasteiger partial charge in [0.25, 0.3) is 0 Å². The molecule has 10 heavy (non-hydrogen) atoms. The average Bonchev–Trinajstić information content (AvgIpc) is 1.60. The Morgan fingerprint density at radius 1 is 1.50 bits per heavy atom. The van der Waals surface area contributed by atoms with E-state index in [1.54, 1.807) is 0 Å². The summed E-state index contributed by atoms with van der Waals surface area (Å²) in [4.78, 5) is 10.6. The van der Waals surface area contributed by atoms with Crippen molar-refractivity contribution >= 4 is 5.97 Å². The number of aliphatic carboxylic acids is 1. The molecule has 2 nitrogen and oxygen atoms in total. The Bertz CT molecular complexity index is 122. The first kappa shape index (κ1) is 9.47. The van der Waals surface area contributed by atoms with Gasteiger partial charge in [-0.15, -0.1) is 0 Å². The number of hydrogen-bond acceptors (Lipinski definition) is 1. The fourth-order valence-electron chi connectivity index (χ4n) is 1.16. The lowest BCUT2D eigenvalue weighted by molar-refractivity contribution is -0.145. The van der Waals surface area contributed by atoms with Gasteiger partial charge in [-0.2, -0.15) is 0 Å². The zero-order chi connectivity index (χ0) is 8.36. The van der Waals surface area contributed by atoms with E-state index in [1.165, 1.54) is 0 Å². The van der Waals surface area contributed by atoms with Gasteiger partial charge >= 0.3 is 5.97 Å². The normalized spacial score (nSPS) is 14.8. The van der Waals surface area contributed by atoms with Crippen molar-refractivity contribution in [3.05, 3.63) is 0 Å². The second-order valence-electron chi connectivity index (χ2n) is 3.67. The molecule has 60 valence electrons. The van der Waals surface area contributed by atoms with Gasteiger partial charge in [0, 0.05) is 0 Å². The standard InChI is InChI=1S/C8H16O2/c1-5-6(7(9)10)8(2,3)4/h6H,5H2,1-4H3,(H,9,10)/t6-/m0/s1. The van der Waals surface area contributed by atoms with Gasteiger partial charge in [0.2, 0.25) is 0 Å². The van der Waals surface area contributed by atoms with Crippen molar-refractivity contribution in [3.63, 3.8) is 0 Å². The lowest BCUT2D eigenvalue weighted by atomic mass is 9.79. The Morgan fingerprint density at radius 2 is 1.90 bits per heavy atom. The second-order valence-corrected chi connectivity index (χ2v) is 3.67. The van der Waals surface area contributed by atoms with Crippen molar-refractivity contribution in [2.24, 2.45) is 11.3 Å². The van der Waals surface area contributed by atoms with Gasteiger partial charge in [-0.1, -0.05) is 27.7 Å². The minimum absolute atomic E-state index is 0.111. The highest BCUT2D eigenvalue weighted by Crippen LogP contribution is 2.28. The highest BCUT2D eigenvalue weighted by molar-refractivity contribution is 5.70. The molecule has 0 bridgehead atoms. The molecule has 0 amide bonds. The van der Waals surface area contributed by atoms with Crippen LogP contribution in [0.5, 0.6) is 0 Å². The molecule has 0 aliphatic rings. The smallest absolute Gasteiger partial charge is 0.307 e. The monoisotopic (exact) mass is 144 g/mol. The predicted molar refractivity (Wildman–Crippen MR) is 40.9 cm³/mol. The molecule has 0 heterocycles. The van der Waals surface area contributed by atoms with Gasteiger partial charge in [0.1, 0.15) is 0 Å². The Morgan fingerprint density at radius 3 is 1.90 bits per heavy atom. The van der Waals surface area contributed by atoms with Crippen LogP contribution in [0.2, 0.25) is 0 Å². The summed E-state index contributed by atoms with van der Waals surface area (Å²) in [6.07, 6.45) is 0.707. The van der Waals surface area contributed by atoms with Gasteiger partial charge in [0.05, 0.1) is 5.92 Å². The molecule has 0 aromatic carbocycles. The lowest BCUT2D eigenvalue weighted by Crippen LogP contribution is -2.27. The van der Waals surface area contributed by atoms with Crippen LogP contribution in [-0.2, 0) is 4.79 Å². The van der Waals surface area contributed by atoms with Crippen LogP contribution in [0.15, 0.2) is 0 Å². The van der Waals surface area contributed by atoms with E-state index >= 15 is 0 Å². The molecule has 2 heteroatoms. The van der Waals surface area contributed by atoms with Crippen LogP contribution < -0.4 is 0 Å². The van der Waals surface area contributed by atoms with Gasteiger partial charge in [-0.05, 0) is 11.8 Å². The van der Waals surface area contributed by atoms with Crippen LogP contribution in [0, 0.1) is 11.3 Å². The maximum absolute atomic E-state index is 10.6. The molecular weight excluding hydrogens is 128 g/mol. The predicted octanol–water partition coefficient (Wildman–Crippen LogP) is 2.14. The van der Waals surface area contributed by atoms with Crippen LogP contribution in [-0.4, -0.2) is 11.1 Å². The molecule has 0 spiro atoms. The Labute approximate surface area is 62.2 Å². The lowest BCUT2D eigenvalue weighted by Gasteiger charge is -2.25. The van der Waals surface area contributed by atoms with Gasteiger partial charge in [0.15, 0.2) is 0 Å². The molecule has 0 saturated heterocycles. The van der Waals surface area contributed by atoms with Crippen molar-refractivity contribution < 1.29 is 9.90 Å². The molecule has 1 atom stereocenters. The number of rotatable bonds is 2. The van der Waals surface area contributed by atoms with E-state index in [2.05, 4.69) is 0 Å². The van der Waals surface area contributed by atoms with E-state index in [9.17, 15) is 4.79 Å². The summed E-state index contributed by atoms with van der Waals surface area (Å²) in [6.45, 7) is 7.77. The Hall–Kier alpha value is -0.530. The van der Waals surface area contributed by atoms with E-state index in [0.717, 1.165) is 0 Å². The van der Waals surface area contributed by atoms with Gasteiger partial charge < -0.3 is 5.11 Å². The van der Waals surface area contributed by atoms with Crippen molar-refractivity contribution in [1.82, 2.24) is 0 Å². The summed E-state index contributed by atoms with van der Waals surface area (Å²) >= 11 is 0. The zero-order valence-electron chi connectivity index (χ0n) is 7.14. The summed E-state index contributed by atoms with van der Waals surface area (Å²) < 4.78 is 0. The highest BCUT2D eigenvalue weighted by Gasteiger charge is 2.28. The molecule has 0 aromatic heterocycles. The van der Waals surface area contributed by atoms with Crippen molar-refractivity contribution in [2.75, 3.05) is 0 Å². The van der Waals surface area contributed by atoms with Crippen molar-refractivity contribution in [1.29, 1.82) is 0 Å². The molecule has 0 fully saturated rings. The first-order chi connectivity index (χ1) is 4.39. The summed E-state index contributed by atoms with van der Waals surface area (Å²) in [7, 11) is 0. The molecule has 0 aromatic rings. The van der Waals surface area contributed by atoms with Crippen LogP contribution in [0.25, 0.3) is 0 Å². The molecule has 0 aliphatic carbocycles. The quantitative estimate of drug-likeness (QED) is 0.644. The molecule has 0 aliphatic heterocycles. The Kier molecular flexibility index (Phi) is 2.88. The minimum Gasteiger partial charge on any atom is -0.481 e. The van der Waals surface area contributed by atoms with Crippen molar-refractivity contribution in [3.8, 4) is 0 Å². The van der Waals surface area contributed by atoms with Gasteiger partial charge in [-0.25, -0.2) is 0 Å². The SMILES string of the molecule is CC[C@@H](C(=O)O)C(C)(C)C. The second kappa shape index (κ2) is 3.04. The van der Waals surface area contributed by atoms with Crippen LogP contribution in [0.1, 0.15) is 34.1 Å². The summed E-state index contributed by atoms with van der Waals surface area (Å²) in [6, 6.07) is 0. The summed E-state index contributed by atoms with van der Waals surface area (Å²) in [5, 5.41) is 8.71. The van der Waals surface area contributed by atoms with E-state index in [4.69, 9.17) is 5.11 Å². The number of carboxylic acids is 1. The molecule has 0 saturated carbocycles. The minimum atomic E-state index is -0.685. The topological polar surface area (TPSA) is 37.3 Å².